The maximum absolute atomic E-state index is 12.2. The van der Waals surface area contributed by atoms with Gasteiger partial charge in [-0.15, -0.1) is 0 Å². The molecule has 0 aliphatic heterocycles. The van der Waals surface area contributed by atoms with Gasteiger partial charge in [-0.25, -0.2) is 4.68 Å². The number of methoxy groups -OCH3 is 1. The van der Waals surface area contributed by atoms with Crippen LogP contribution in [-0.4, -0.2) is 46.0 Å². The molecular formula is C17H21N3O4. The zero-order valence-electron chi connectivity index (χ0n) is 13.7. The number of para-hydroxylation sites is 1. The first-order chi connectivity index (χ1) is 11.4. The van der Waals surface area contributed by atoms with Gasteiger partial charge in [0.2, 0.25) is 5.91 Å². The monoisotopic (exact) mass is 331 g/mol. The Morgan fingerprint density at radius 3 is 2.67 bits per heavy atom. The van der Waals surface area contributed by atoms with Crippen LogP contribution in [-0.2, 0) is 20.7 Å². The topological polar surface area (TPSA) is 93.4 Å². The smallest absolute Gasteiger partial charge is 0.305 e. The van der Waals surface area contributed by atoms with Crippen molar-refractivity contribution in [1.29, 1.82) is 0 Å². The maximum atomic E-state index is 12.2. The van der Waals surface area contributed by atoms with Crippen LogP contribution in [0.1, 0.15) is 18.9 Å². The largest absolute Gasteiger partial charge is 0.481 e. The van der Waals surface area contributed by atoms with Crippen molar-refractivity contribution >= 4 is 11.9 Å². The number of carboxylic acids is 1. The molecule has 0 aliphatic rings. The van der Waals surface area contributed by atoms with Crippen LogP contribution in [0, 0.1) is 0 Å². The summed E-state index contributed by atoms with van der Waals surface area (Å²) in [4.78, 5) is 23.2. The van der Waals surface area contributed by atoms with Crippen molar-refractivity contribution in [2.75, 3.05) is 13.7 Å². The number of benzene rings is 1. The first-order valence-corrected chi connectivity index (χ1v) is 7.52. The molecule has 0 aliphatic carbocycles. The van der Waals surface area contributed by atoms with E-state index in [9.17, 15) is 9.59 Å². The van der Waals surface area contributed by atoms with E-state index in [-0.39, 0.29) is 25.4 Å². The van der Waals surface area contributed by atoms with Crippen LogP contribution >= 0.6 is 0 Å². The molecule has 0 bridgehead atoms. The van der Waals surface area contributed by atoms with E-state index in [1.165, 1.54) is 7.11 Å². The highest BCUT2D eigenvalue weighted by Crippen LogP contribution is 2.12. The Balaban J connectivity index is 2.01. The molecule has 1 amide bonds. The maximum Gasteiger partial charge on any atom is 0.305 e. The van der Waals surface area contributed by atoms with Crippen LogP contribution in [0.3, 0.4) is 0 Å². The van der Waals surface area contributed by atoms with Crippen molar-refractivity contribution in [3.8, 4) is 5.69 Å². The van der Waals surface area contributed by atoms with E-state index in [0.29, 0.717) is 0 Å². The van der Waals surface area contributed by atoms with E-state index in [4.69, 9.17) is 9.84 Å². The van der Waals surface area contributed by atoms with Crippen molar-refractivity contribution in [2.45, 2.75) is 25.3 Å². The quantitative estimate of drug-likeness (QED) is 0.763. The molecule has 0 saturated heterocycles. The standard InChI is InChI=1S/C17H21N3O4/c1-17(12-24-2,9-16(22)23)19-15(21)8-13-10-18-20(11-13)14-6-4-3-5-7-14/h3-7,10-11H,8-9,12H2,1-2H3,(H,19,21)(H,22,23). The highest BCUT2D eigenvalue weighted by Gasteiger charge is 2.29. The zero-order valence-corrected chi connectivity index (χ0v) is 13.7. The molecule has 0 spiro atoms. The molecule has 7 nitrogen and oxygen atoms in total. The van der Waals surface area contributed by atoms with Gasteiger partial charge in [-0.1, -0.05) is 18.2 Å². The van der Waals surface area contributed by atoms with Gasteiger partial charge >= 0.3 is 5.97 Å². The van der Waals surface area contributed by atoms with E-state index >= 15 is 0 Å². The number of aromatic nitrogens is 2. The van der Waals surface area contributed by atoms with Crippen molar-refractivity contribution in [1.82, 2.24) is 15.1 Å². The van der Waals surface area contributed by atoms with Gasteiger partial charge in [0, 0.05) is 13.3 Å². The molecule has 1 unspecified atom stereocenters. The highest BCUT2D eigenvalue weighted by molar-refractivity contribution is 5.80. The summed E-state index contributed by atoms with van der Waals surface area (Å²) < 4.78 is 6.72. The number of ether oxygens (including phenoxy) is 1. The summed E-state index contributed by atoms with van der Waals surface area (Å²) in [6.07, 6.45) is 3.30. The number of aliphatic carboxylic acids is 1. The van der Waals surface area contributed by atoms with E-state index in [2.05, 4.69) is 10.4 Å². The molecule has 2 aromatic rings. The Morgan fingerprint density at radius 2 is 2.04 bits per heavy atom. The molecule has 1 aromatic carbocycles. The fraction of sp³-hybridized carbons (Fsp3) is 0.353. The summed E-state index contributed by atoms with van der Waals surface area (Å²) in [6, 6.07) is 9.57. The lowest BCUT2D eigenvalue weighted by Gasteiger charge is -2.28. The van der Waals surface area contributed by atoms with E-state index < -0.39 is 11.5 Å². The normalized spacial score (nSPS) is 13.2. The second-order valence-electron chi connectivity index (χ2n) is 5.92. The Hall–Kier alpha value is -2.67. The predicted octanol–water partition coefficient (Wildman–Crippen LogP) is 1.41. The Morgan fingerprint density at radius 1 is 1.33 bits per heavy atom. The third-order valence-electron chi connectivity index (χ3n) is 3.47. The lowest BCUT2D eigenvalue weighted by molar-refractivity contribution is -0.139. The first-order valence-electron chi connectivity index (χ1n) is 7.52. The second kappa shape index (κ2) is 7.74. The minimum atomic E-state index is -0.994. The van der Waals surface area contributed by atoms with Crippen LogP contribution in [0.4, 0.5) is 0 Å². The van der Waals surface area contributed by atoms with Crippen LogP contribution in [0.15, 0.2) is 42.7 Å². The highest BCUT2D eigenvalue weighted by atomic mass is 16.5. The molecule has 0 fully saturated rings. The Bertz CT molecular complexity index is 699. The van der Waals surface area contributed by atoms with Gasteiger partial charge < -0.3 is 15.2 Å². The fourth-order valence-corrected chi connectivity index (χ4v) is 2.52. The summed E-state index contributed by atoms with van der Waals surface area (Å²) in [5.74, 6) is -1.27. The third-order valence-corrected chi connectivity index (χ3v) is 3.47. The van der Waals surface area contributed by atoms with Crippen molar-refractivity contribution < 1.29 is 19.4 Å². The average Bonchev–Trinajstić information content (AvgIpc) is 2.95. The van der Waals surface area contributed by atoms with Crippen LogP contribution in [0.25, 0.3) is 5.69 Å². The van der Waals surface area contributed by atoms with Crippen LogP contribution < -0.4 is 5.32 Å². The van der Waals surface area contributed by atoms with Gasteiger partial charge in [-0.2, -0.15) is 5.10 Å². The minimum Gasteiger partial charge on any atom is -0.481 e. The first kappa shape index (κ1) is 17.7. The van der Waals surface area contributed by atoms with Crippen LogP contribution in [0.2, 0.25) is 0 Å². The fourth-order valence-electron chi connectivity index (χ4n) is 2.52. The SMILES string of the molecule is COCC(C)(CC(=O)O)NC(=O)Cc1cnn(-c2ccccc2)c1. The Kier molecular flexibility index (Phi) is 5.70. The Labute approximate surface area is 140 Å². The predicted molar refractivity (Wildman–Crippen MR) is 87.9 cm³/mol. The number of hydrogen-bond acceptors (Lipinski definition) is 4. The zero-order chi connectivity index (χ0) is 17.6. The lowest BCUT2D eigenvalue weighted by Crippen LogP contribution is -2.51. The third kappa shape index (κ3) is 4.92. The number of amides is 1. The average molecular weight is 331 g/mol. The van der Waals surface area contributed by atoms with E-state index in [1.807, 2.05) is 30.3 Å². The van der Waals surface area contributed by atoms with Crippen LogP contribution in [0.5, 0.6) is 0 Å². The number of rotatable bonds is 8. The molecule has 2 rings (SSSR count). The van der Waals surface area contributed by atoms with E-state index in [0.717, 1.165) is 11.3 Å². The summed E-state index contributed by atoms with van der Waals surface area (Å²) in [5.41, 5.74) is 0.693. The number of hydrogen-bond donors (Lipinski definition) is 2. The van der Waals surface area contributed by atoms with Gasteiger partial charge in [0.15, 0.2) is 0 Å². The number of carboxylic acid groups (broad SMARTS) is 1. The van der Waals surface area contributed by atoms with Crippen molar-refractivity contribution in [2.24, 2.45) is 0 Å². The van der Waals surface area contributed by atoms with Gasteiger partial charge in [0.1, 0.15) is 0 Å². The summed E-state index contributed by atoms with van der Waals surface area (Å²) in [5, 5.41) is 16.0. The number of carbonyl (C=O) groups is 2. The van der Waals surface area contributed by atoms with Gasteiger partial charge in [-0.05, 0) is 24.6 Å². The molecular weight excluding hydrogens is 310 g/mol. The molecule has 24 heavy (non-hydrogen) atoms. The summed E-state index contributed by atoms with van der Waals surface area (Å²) in [7, 11) is 1.47. The number of carbonyl (C=O) groups excluding carboxylic acids is 1. The van der Waals surface area contributed by atoms with E-state index in [1.54, 1.807) is 24.0 Å². The second-order valence-corrected chi connectivity index (χ2v) is 5.92. The molecule has 128 valence electrons. The van der Waals surface area contributed by atoms with Gasteiger partial charge in [0.05, 0.1) is 36.9 Å². The number of nitrogens with one attached hydrogen (secondary N) is 1. The minimum absolute atomic E-state index is 0.117. The molecule has 1 aromatic heterocycles. The molecule has 0 radical (unpaired) electrons. The summed E-state index contributed by atoms with van der Waals surface area (Å²) in [6.45, 7) is 1.77. The number of nitrogens with zero attached hydrogens (tertiary/aromatic N) is 2. The summed E-state index contributed by atoms with van der Waals surface area (Å²) >= 11 is 0. The van der Waals surface area contributed by atoms with Crippen molar-refractivity contribution in [3.63, 3.8) is 0 Å². The molecule has 0 saturated carbocycles. The van der Waals surface area contributed by atoms with Gasteiger partial charge in [-0.3, -0.25) is 9.59 Å². The molecule has 1 atom stereocenters. The lowest BCUT2D eigenvalue weighted by atomic mass is 9.98. The molecule has 1 heterocycles. The van der Waals surface area contributed by atoms with Crippen molar-refractivity contribution in [3.05, 3.63) is 48.3 Å². The van der Waals surface area contributed by atoms with Gasteiger partial charge in [0.25, 0.3) is 0 Å². The molecule has 7 heteroatoms. The molecule has 2 N–H and O–H groups in total.